The second-order valence-electron chi connectivity index (χ2n) is 6.32. The largest absolute Gasteiger partial charge is 0.507 e. The molecule has 0 bridgehead atoms. The molecule has 150 valence electrons. The molecule has 0 atom stereocenters. The molecule has 4 amide bonds. The molecule has 1 fully saturated rings. The summed E-state index contributed by atoms with van der Waals surface area (Å²) in [5.41, 5.74) is 0.354. The first-order valence-electron chi connectivity index (χ1n) is 9.11. The van der Waals surface area contributed by atoms with Gasteiger partial charge in [-0.05, 0) is 44.2 Å². The lowest BCUT2D eigenvalue weighted by Crippen LogP contribution is -2.54. The lowest BCUT2D eigenvalue weighted by molar-refractivity contribution is -0.122. The third-order valence-corrected chi connectivity index (χ3v) is 4.64. The predicted octanol–water partition coefficient (Wildman–Crippen LogP) is 3.04. The number of imide groups is 2. The van der Waals surface area contributed by atoms with Gasteiger partial charge in [-0.15, -0.1) is 0 Å². The number of anilines is 2. The van der Waals surface area contributed by atoms with E-state index in [1.807, 2.05) is 24.1 Å². The number of phenolic OH excluding ortho intramolecular Hbond substituents is 1. The van der Waals surface area contributed by atoms with Gasteiger partial charge in [0.2, 0.25) is 0 Å². The Morgan fingerprint density at radius 1 is 1.10 bits per heavy atom. The van der Waals surface area contributed by atoms with Crippen molar-refractivity contribution in [1.82, 2.24) is 5.32 Å². The van der Waals surface area contributed by atoms with Crippen LogP contribution in [-0.4, -0.2) is 36.0 Å². The number of aromatic hydroxyl groups is 1. The van der Waals surface area contributed by atoms with Crippen LogP contribution in [-0.2, 0) is 9.59 Å². The van der Waals surface area contributed by atoms with E-state index in [0.717, 1.165) is 24.8 Å². The Labute approximate surface area is 167 Å². The average molecular weight is 397 g/mol. The molecule has 0 aliphatic carbocycles. The zero-order chi connectivity index (χ0) is 21.1. The van der Waals surface area contributed by atoms with Crippen molar-refractivity contribution < 1.29 is 23.9 Å². The van der Waals surface area contributed by atoms with Crippen LogP contribution in [0.25, 0.3) is 6.08 Å². The highest BCUT2D eigenvalue weighted by Crippen LogP contribution is 2.29. The van der Waals surface area contributed by atoms with Gasteiger partial charge < -0.3 is 10.0 Å². The van der Waals surface area contributed by atoms with E-state index in [9.17, 15) is 23.9 Å². The maximum Gasteiger partial charge on any atom is 0.336 e. The van der Waals surface area contributed by atoms with Crippen LogP contribution in [0.2, 0.25) is 0 Å². The molecule has 0 aromatic heterocycles. The first-order valence-corrected chi connectivity index (χ1v) is 9.11. The molecule has 7 nitrogen and oxygen atoms in total. The number of nitrogens with one attached hydrogen (secondary N) is 1. The molecule has 29 heavy (non-hydrogen) atoms. The predicted molar refractivity (Wildman–Crippen MR) is 107 cm³/mol. The van der Waals surface area contributed by atoms with Gasteiger partial charge >= 0.3 is 6.03 Å². The summed E-state index contributed by atoms with van der Waals surface area (Å²) in [5, 5.41) is 12.4. The highest BCUT2D eigenvalue weighted by Gasteiger charge is 2.38. The number of halogens is 1. The summed E-state index contributed by atoms with van der Waals surface area (Å²) >= 11 is 0. The van der Waals surface area contributed by atoms with Gasteiger partial charge in [-0.25, -0.2) is 14.1 Å². The number of hydrogen-bond acceptors (Lipinski definition) is 5. The van der Waals surface area contributed by atoms with Crippen molar-refractivity contribution in [2.45, 2.75) is 13.8 Å². The number of hydrogen-bond donors (Lipinski definition) is 2. The van der Waals surface area contributed by atoms with E-state index in [0.29, 0.717) is 4.90 Å². The maximum absolute atomic E-state index is 14.1. The minimum atomic E-state index is -1.04. The molecule has 2 aromatic rings. The standard InChI is InChI=1S/C21H20FN3O4/c1-3-24(4-2)14-10-9-13(18(26)12-14)11-15-19(27)23-21(29)25(20(15)28)17-8-6-5-7-16(17)22/h5-12,26H,3-4H2,1-2H3,(H,23,27,29)/b15-11+. The molecule has 1 aliphatic heterocycles. The van der Waals surface area contributed by atoms with Crippen LogP contribution in [0, 0.1) is 5.82 Å². The minimum absolute atomic E-state index is 0.128. The lowest BCUT2D eigenvalue weighted by Gasteiger charge is -2.26. The number of nitrogens with zero attached hydrogens (tertiary/aromatic N) is 2. The summed E-state index contributed by atoms with van der Waals surface area (Å²) in [7, 11) is 0. The normalized spacial score (nSPS) is 15.6. The number of urea groups is 1. The van der Waals surface area contributed by atoms with Gasteiger partial charge in [0.05, 0.1) is 5.69 Å². The van der Waals surface area contributed by atoms with E-state index in [4.69, 9.17) is 0 Å². The Hall–Kier alpha value is -3.68. The number of carbonyl (C=O) groups is 3. The van der Waals surface area contributed by atoms with E-state index in [1.165, 1.54) is 30.3 Å². The number of benzene rings is 2. The molecular weight excluding hydrogens is 377 g/mol. The molecule has 1 aliphatic rings. The van der Waals surface area contributed by atoms with Gasteiger partial charge in [-0.3, -0.25) is 14.9 Å². The third kappa shape index (κ3) is 3.82. The lowest BCUT2D eigenvalue weighted by atomic mass is 10.1. The van der Waals surface area contributed by atoms with Crippen LogP contribution in [0.15, 0.2) is 48.0 Å². The number of phenols is 1. The van der Waals surface area contributed by atoms with Crippen LogP contribution in [0.3, 0.4) is 0 Å². The Balaban J connectivity index is 2.00. The highest BCUT2D eigenvalue weighted by atomic mass is 19.1. The van der Waals surface area contributed by atoms with Crippen LogP contribution < -0.4 is 15.1 Å². The highest BCUT2D eigenvalue weighted by molar-refractivity contribution is 6.39. The van der Waals surface area contributed by atoms with Crippen molar-refractivity contribution in [2.75, 3.05) is 22.9 Å². The molecule has 0 unspecified atom stereocenters. The van der Waals surface area contributed by atoms with Gasteiger partial charge in [0, 0.05) is 30.4 Å². The first-order chi connectivity index (χ1) is 13.9. The molecular formula is C21H20FN3O4. The van der Waals surface area contributed by atoms with Gasteiger partial charge in [-0.2, -0.15) is 0 Å². The maximum atomic E-state index is 14.1. The minimum Gasteiger partial charge on any atom is -0.507 e. The molecule has 2 aromatic carbocycles. The second-order valence-corrected chi connectivity index (χ2v) is 6.32. The Kier molecular flexibility index (Phi) is 5.63. The molecule has 3 rings (SSSR count). The van der Waals surface area contributed by atoms with Crippen LogP contribution in [0.5, 0.6) is 5.75 Å². The summed E-state index contributed by atoms with van der Waals surface area (Å²) in [6, 6.07) is 9.07. The van der Waals surface area contributed by atoms with Crippen molar-refractivity contribution in [3.05, 3.63) is 59.4 Å². The smallest absolute Gasteiger partial charge is 0.336 e. The van der Waals surface area contributed by atoms with E-state index < -0.39 is 29.2 Å². The van der Waals surface area contributed by atoms with Crippen molar-refractivity contribution >= 4 is 35.3 Å². The van der Waals surface area contributed by atoms with Crippen LogP contribution >= 0.6 is 0 Å². The fourth-order valence-corrected chi connectivity index (χ4v) is 3.10. The molecule has 1 heterocycles. The van der Waals surface area contributed by atoms with Crippen molar-refractivity contribution in [2.24, 2.45) is 0 Å². The van der Waals surface area contributed by atoms with E-state index in [-0.39, 0.29) is 17.0 Å². The fraction of sp³-hybridized carbons (Fsp3) is 0.190. The van der Waals surface area contributed by atoms with Gasteiger partial charge in [-0.1, -0.05) is 12.1 Å². The zero-order valence-corrected chi connectivity index (χ0v) is 16.0. The molecule has 0 saturated carbocycles. The average Bonchev–Trinajstić information content (AvgIpc) is 2.69. The summed E-state index contributed by atoms with van der Waals surface area (Å²) in [5.74, 6) is -2.80. The Morgan fingerprint density at radius 2 is 1.79 bits per heavy atom. The molecule has 8 heteroatoms. The van der Waals surface area contributed by atoms with E-state index in [2.05, 4.69) is 0 Å². The topological polar surface area (TPSA) is 90.0 Å². The van der Waals surface area contributed by atoms with Crippen LogP contribution in [0.4, 0.5) is 20.6 Å². The van der Waals surface area contributed by atoms with E-state index in [1.54, 1.807) is 12.1 Å². The number of para-hydroxylation sites is 1. The monoisotopic (exact) mass is 397 g/mol. The summed E-state index contributed by atoms with van der Waals surface area (Å²) < 4.78 is 14.1. The quantitative estimate of drug-likeness (QED) is 0.598. The summed E-state index contributed by atoms with van der Waals surface area (Å²) in [4.78, 5) is 39.8. The third-order valence-electron chi connectivity index (χ3n) is 4.64. The fourth-order valence-electron chi connectivity index (χ4n) is 3.10. The molecule has 0 radical (unpaired) electrons. The van der Waals surface area contributed by atoms with Gasteiger partial charge in [0.1, 0.15) is 17.1 Å². The second kappa shape index (κ2) is 8.14. The SMILES string of the molecule is CCN(CC)c1ccc(/C=C2\C(=O)NC(=O)N(c3ccccc3F)C2=O)c(O)c1. The van der Waals surface area contributed by atoms with Crippen molar-refractivity contribution in [3.8, 4) is 5.75 Å². The number of amides is 4. The van der Waals surface area contributed by atoms with Crippen LogP contribution in [0.1, 0.15) is 19.4 Å². The van der Waals surface area contributed by atoms with Gasteiger partial charge in [0.25, 0.3) is 11.8 Å². The molecule has 0 spiro atoms. The number of barbiturate groups is 1. The Morgan fingerprint density at radius 3 is 2.41 bits per heavy atom. The Bertz CT molecular complexity index is 1010. The van der Waals surface area contributed by atoms with Gasteiger partial charge in [0.15, 0.2) is 0 Å². The summed E-state index contributed by atoms with van der Waals surface area (Å²) in [6.45, 7) is 5.46. The zero-order valence-electron chi connectivity index (χ0n) is 16.0. The molecule has 1 saturated heterocycles. The number of rotatable bonds is 5. The summed E-state index contributed by atoms with van der Waals surface area (Å²) in [6.07, 6.45) is 1.18. The van der Waals surface area contributed by atoms with Crippen molar-refractivity contribution in [3.63, 3.8) is 0 Å². The molecule has 2 N–H and O–H groups in total. The first kappa shape index (κ1) is 20.1. The van der Waals surface area contributed by atoms with Crippen molar-refractivity contribution in [1.29, 1.82) is 0 Å². The van der Waals surface area contributed by atoms with E-state index >= 15 is 0 Å². The number of carbonyl (C=O) groups excluding carboxylic acids is 3.